The van der Waals surface area contributed by atoms with Gasteiger partial charge in [-0.25, -0.2) is 18.4 Å². The number of piperidine rings is 1. The van der Waals surface area contributed by atoms with Crippen molar-refractivity contribution in [3.8, 4) is 0 Å². The molecule has 1 aliphatic rings. The zero-order chi connectivity index (χ0) is 17.3. The molecule has 3 heterocycles. The number of imidazole rings is 1. The van der Waals surface area contributed by atoms with Crippen LogP contribution in [0.25, 0.3) is 0 Å². The fourth-order valence-corrected chi connectivity index (χ4v) is 4.86. The number of hydrogen-bond acceptors (Lipinski definition) is 6. The maximum absolute atomic E-state index is 12.7. The number of hydrogen-bond donors (Lipinski definition) is 1. The zero-order valence-electron chi connectivity index (χ0n) is 14.1. The average molecular weight is 370 g/mol. The van der Waals surface area contributed by atoms with Crippen molar-refractivity contribution in [2.45, 2.75) is 50.7 Å². The van der Waals surface area contributed by atoms with Crippen molar-refractivity contribution in [1.29, 1.82) is 0 Å². The largest absolute Gasteiger partial charge is 0.359 e. The summed E-state index contributed by atoms with van der Waals surface area (Å²) in [6.45, 7) is 6.95. The lowest BCUT2D eigenvalue weighted by molar-refractivity contribution is 0.329. The molecule has 0 radical (unpaired) electrons. The van der Waals surface area contributed by atoms with Gasteiger partial charge in [-0.15, -0.1) is 11.3 Å². The lowest BCUT2D eigenvalue weighted by Crippen LogP contribution is -2.42. The minimum Gasteiger partial charge on any atom is -0.359 e. The second-order valence-corrected chi connectivity index (χ2v) is 9.11. The Morgan fingerprint density at radius 3 is 2.58 bits per heavy atom. The van der Waals surface area contributed by atoms with Gasteiger partial charge in [0.15, 0.2) is 10.2 Å². The van der Waals surface area contributed by atoms with Crippen LogP contribution in [0.5, 0.6) is 0 Å². The van der Waals surface area contributed by atoms with Gasteiger partial charge in [0.2, 0.25) is 0 Å². The van der Waals surface area contributed by atoms with Crippen molar-refractivity contribution in [2.75, 3.05) is 18.4 Å². The summed E-state index contributed by atoms with van der Waals surface area (Å²) in [5.41, 5.74) is 1.00. The molecule has 2 aromatic rings. The number of nitrogens with zero attached hydrogens (tertiary/aromatic N) is 4. The molecule has 0 saturated carbocycles. The van der Waals surface area contributed by atoms with Gasteiger partial charge in [0.1, 0.15) is 0 Å². The van der Waals surface area contributed by atoms with Gasteiger partial charge in [-0.05, 0) is 33.6 Å². The minimum atomic E-state index is -3.51. The van der Waals surface area contributed by atoms with Crippen LogP contribution in [0.2, 0.25) is 0 Å². The standard InChI is InChI=1S/C15H23N5O2S2/c1-11(2)19-8-14(16-10-19)24(21,22)20-6-4-13(5-7-20)18-15-17-12(3)9-23-15/h8-11,13H,4-7H2,1-3H3,(H,17,18). The van der Waals surface area contributed by atoms with E-state index in [-0.39, 0.29) is 17.1 Å². The molecule has 2 aromatic heterocycles. The number of aryl methyl sites for hydroxylation is 1. The summed E-state index contributed by atoms with van der Waals surface area (Å²) in [6.07, 6.45) is 4.73. The van der Waals surface area contributed by atoms with Gasteiger partial charge >= 0.3 is 0 Å². The number of anilines is 1. The fraction of sp³-hybridized carbons (Fsp3) is 0.600. The van der Waals surface area contributed by atoms with E-state index in [1.165, 1.54) is 4.31 Å². The molecular formula is C15H23N5O2S2. The van der Waals surface area contributed by atoms with Crippen LogP contribution in [-0.2, 0) is 10.0 Å². The highest BCUT2D eigenvalue weighted by atomic mass is 32.2. The maximum atomic E-state index is 12.7. The van der Waals surface area contributed by atoms with Crippen molar-refractivity contribution >= 4 is 26.5 Å². The van der Waals surface area contributed by atoms with Crippen LogP contribution < -0.4 is 5.32 Å². The van der Waals surface area contributed by atoms with Gasteiger partial charge in [0.25, 0.3) is 10.0 Å². The first kappa shape index (κ1) is 17.4. The van der Waals surface area contributed by atoms with Crippen molar-refractivity contribution in [3.05, 3.63) is 23.6 Å². The second kappa shape index (κ2) is 6.81. The number of thiazole rings is 1. The van der Waals surface area contributed by atoms with E-state index in [0.29, 0.717) is 13.1 Å². The molecule has 1 aliphatic heterocycles. The third-order valence-electron chi connectivity index (χ3n) is 4.18. The molecule has 1 N–H and O–H groups in total. The van der Waals surface area contributed by atoms with Gasteiger partial charge in [-0.1, -0.05) is 0 Å². The smallest absolute Gasteiger partial charge is 0.262 e. The van der Waals surface area contributed by atoms with Gasteiger partial charge in [-0.2, -0.15) is 4.31 Å². The zero-order valence-corrected chi connectivity index (χ0v) is 15.8. The molecular weight excluding hydrogens is 346 g/mol. The average Bonchev–Trinajstić information content (AvgIpc) is 3.17. The second-order valence-electron chi connectivity index (χ2n) is 6.37. The van der Waals surface area contributed by atoms with Crippen molar-refractivity contribution in [2.24, 2.45) is 0 Å². The SMILES string of the molecule is Cc1csc(NC2CCN(S(=O)(=O)c3cn(C(C)C)cn3)CC2)n1. The third kappa shape index (κ3) is 3.62. The Kier molecular flexibility index (Phi) is 4.93. The molecule has 0 aliphatic carbocycles. The lowest BCUT2D eigenvalue weighted by Gasteiger charge is -2.30. The van der Waals surface area contributed by atoms with E-state index in [9.17, 15) is 8.42 Å². The monoisotopic (exact) mass is 369 g/mol. The summed E-state index contributed by atoms with van der Waals surface area (Å²) >= 11 is 1.58. The van der Waals surface area contributed by atoms with Crippen molar-refractivity contribution in [1.82, 2.24) is 18.8 Å². The normalized spacial score (nSPS) is 17.5. The lowest BCUT2D eigenvalue weighted by atomic mass is 10.1. The molecule has 1 saturated heterocycles. The predicted octanol–water partition coefficient (Wildman–Crippen LogP) is 2.49. The van der Waals surface area contributed by atoms with Crippen LogP contribution in [0.3, 0.4) is 0 Å². The summed E-state index contributed by atoms with van der Waals surface area (Å²) in [6, 6.07) is 0.452. The molecule has 0 bridgehead atoms. The summed E-state index contributed by atoms with van der Waals surface area (Å²) in [4.78, 5) is 8.49. The Morgan fingerprint density at radius 1 is 1.33 bits per heavy atom. The number of sulfonamides is 1. The fourth-order valence-electron chi connectivity index (χ4n) is 2.70. The molecule has 0 amide bonds. The Labute approximate surface area is 146 Å². The molecule has 0 spiro atoms. The number of rotatable bonds is 5. The molecule has 3 rings (SSSR count). The molecule has 24 heavy (non-hydrogen) atoms. The van der Waals surface area contributed by atoms with Crippen LogP contribution in [0.4, 0.5) is 5.13 Å². The molecule has 0 aromatic carbocycles. The van der Waals surface area contributed by atoms with Crippen molar-refractivity contribution in [3.63, 3.8) is 0 Å². The highest BCUT2D eigenvalue weighted by Gasteiger charge is 2.31. The van der Waals surface area contributed by atoms with E-state index in [2.05, 4.69) is 15.3 Å². The Morgan fingerprint density at radius 2 is 2.04 bits per heavy atom. The Balaban J connectivity index is 1.62. The number of aromatic nitrogens is 3. The van der Waals surface area contributed by atoms with Crippen LogP contribution in [-0.4, -0.2) is 46.4 Å². The van der Waals surface area contributed by atoms with E-state index in [1.807, 2.05) is 30.7 Å². The quantitative estimate of drug-likeness (QED) is 0.876. The Hall–Kier alpha value is -1.45. The van der Waals surface area contributed by atoms with E-state index in [4.69, 9.17) is 0 Å². The molecule has 1 fully saturated rings. The predicted molar refractivity (Wildman–Crippen MR) is 94.9 cm³/mol. The summed E-state index contributed by atoms with van der Waals surface area (Å²) < 4.78 is 28.8. The van der Waals surface area contributed by atoms with E-state index in [1.54, 1.807) is 23.9 Å². The number of nitrogens with one attached hydrogen (secondary N) is 1. The minimum absolute atomic E-state index is 0.137. The molecule has 9 heteroatoms. The summed E-state index contributed by atoms with van der Waals surface area (Å²) in [7, 11) is -3.51. The van der Waals surface area contributed by atoms with Crippen molar-refractivity contribution < 1.29 is 8.42 Å². The summed E-state index contributed by atoms with van der Waals surface area (Å²) in [5.74, 6) is 0. The van der Waals surface area contributed by atoms with Crippen LogP contribution in [0.15, 0.2) is 22.9 Å². The van der Waals surface area contributed by atoms with Gasteiger partial charge in [0, 0.05) is 36.8 Å². The summed E-state index contributed by atoms with van der Waals surface area (Å²) in [5, 5.41) is 6.45. The maximum Gasteiger partial charge on any atom is 0.262 e. The first-order valence-corrected chi connectivity index (χ1v) is 10.4. The van der Waals surface area contributed by atoms with Crippen LogP contribution in [0, 0.1) is 6.92 Å². The third-order valence-corrected chi connectivity index (χ3v) is 6.85. The molecule has 0 atom stereocenters. The van der Waals surface area contributed by atoms with E-state index < -0.39 is 10.0 Å². The van der Waals surface area contributed by atoms with Gasteiger partial charge < -0.3 is 9.88 Å². The highest BCUT2D eigenvalue weighted by molar-refractivity contribution is 7.89. The first-order valence-electron chi connectivity index (χ1n) is 8.08. The highest BCUT2D eigenvalue weighted by Crippen LogP contribution is 2.23. The van der Waals surface area contributed by atoms with E-state index >= 15 is 0 Å². The molecule has 7 nitrogen and oxygen atoms in total. The first-order chi connectivity index (χ1) is 11.4. The van der Waals surface area contributed by atoms with Crippen LogP contribution in [0.1, 0.15) is 38.4 Å². The van der Waals surface area contributed by atoms with Crippen LogP contribution >= 0.6 is 11.3 Å². The Bertz CT molecular complexity index is 788. The molecule has 0 unspecified atom stereocenters. The topological polar surface area (TPSA) is 80.1 Å². The molecule has 132 valence electrons. The van der Waals surface area contributed by atoms with Gasteiger partial charge in [-0.3, -0.25) is 0 Å². The van der Waals surface area contributed by atoms with E-state index in [0.717, 1.165) is 23.7 Å². The van der Waals surface area contributed by atoms with Gasteiger partial charge in [0.05, 0.1) is 12.0 Å².